The number of nitrogens with one attached hydrogen (secondary N) is 1. The van der Waals surface area contributed by atoms with Gasteiger partial charge in [0.05, 0.1) is 6.10 Å². The van der Waals surface area contributed by atoms with E-state index in [1.807, 2.05) is 27.7 Å². The molecule has 0 aromatic heterocycles. The van der Waals surface area contributed by atoms with Gasteiger partial charge in [-0.25, -0.2) is 4.79 Å². The summed E-state index contributed by atoms with van der Waals surface area (Å²) in [4.78, 5) is 11.4. The Labute approximate surface area is 111 Å². The maximum atomic E-state index is 11.4. The van der Waals surface area contributed by atoms with Gasteiger partial charge in [-0.1, -0.05) is 20.8 Å². The van der Waals surface area contributed by atoms with Crippen molar-refractivity contribution in [2.75, 3.05) is 6.54 Å². The number of amides is 1. The van der Waals surface area contributed by atoms with Gasteiger partial charge in [0.2, 0.25) is 0 Å². The van der Waals surface area contributed by atoms with E-state index in [9.17, 15) is 9.90 Å². The lowest BCUT2D eigenvalue weighted by Crippen LogP contribution is -2.34. The summed E-state index contributed by atoms with van der Waals surface area (Å²) < 4.78 is 5.11. The molecule has 0 heterocycles. The SMILES string of the molecule is CC(C)CC(C)C(O)CCNC(=O)OC(C)(C)C. The molecule has 108 valence electrons. The third-order valence-electron chi connectivity index (χ3n) is 2.61. The molecule has 1 amide bonds. The largest absolute Gasteiger partial charge is 0.444 e. The second kappa shape index (κ2) is 7.62. The van der Waals surface area contributed by atoms with E-state index in [0.29, 0.717) is 18.9 Å². The topological polar surface area (TPSA) is 58.6 Å². The highest BCUT2D eigenvalue weighted by Crippen LogP contribution is 2.16. The first-order valence-corrected chi connectivity index (χ1v) is 6.76. The molecule has 0 spiro atoms. The van der Waals surface area contributed by atoms with Gasteiger partial charge in [-0.2, -0.15) is 0 Å². The van der Waals surface area contributed by atoms with E-state index >= 15 is 0 Å². The Morgan fingerprint density at radius 3 is 2.28 bits per heavy atom. The summed E-state index contributed by atoms with van der Waals surface area (Å²) in [5.74, 6) is 0.832. The maximum absolute atomic E-state index is 11.4. The summed E-state index contributed by atoms with van der Waals surface area (Å²) in [7, 11) is 0. The summed E-state index contributed by atoms with van der Waals surface area (Å²) in [5, 5.41) is 12.6. The number of alkyl carbamates (subject to hydrolysis) is 1. The highest BCUT2D eigenvalue weighted by Gasteiger charge is 2.18. The van der Waals surface area contributed by atoms with Crippen molar-refractivity contribution < 1.29 is 14.6 Å². The van der Waals surface area contributed by atoms with Crippen LogP contribution in [-0.2, 0) is 4.74 Å². The van der Waals surface area contributed by atoms with Gasteiger partial charge in [-0.05, 0) is 45.4 Å². The van der Waals surface area contributed by atoms with Crippen LogP contribution in [0.4, 0.5) is 4.79 Å². The van der Waals surface area contributed by atoms with Crippen molar-refractivity contribution in [3.63, 3.8) is 0 Å². The smallest absolute Gasteiger partial charge is 0.407 e. The molecule has 18 heavy (non-hydrogen) atoms. The molecule has 0 aromatic rings. The van der Waals surface area contributed by atoms with Gasteiger partial charge in [-0.3, -0.25) is 0 Å². The normalized spacial score (nSPS) is 15.3. The molecule has 0 fully saturated rings. The molecule has 0 saturated heterocycles. The lowest BCUT2D eigenvalue weighted by molar-refractivity contribution is 0.0503. The summed E-state index contributed by atoms with van der Waals surface area (Å²) in [6.45, 7) is 12.2. The molecule has 0 aliphatic rings. The van der Waals surface area contributed by atoms with Gasteiger partial charge in [0, 0.05) is 6.54 Å². The minimum Gasteiger partial charge on any atom is -0.444 e. The van der Waals surface area contributed by atoms with Crippen molar-refractivity contribution >= 4 is 6.09 Å². The predicted octanol–water partition coefficient (Wildman–Crippen LogP) is 2.94. The minimum atomic E-state index is -0.479. The quantitative estimate of drug-likeness (QED) is 0.771. The summed E-state index contributed by atoms with van der Waals surface area (Å²) in [6, 6.07) is 0. The van der Waals surface area contributed by atoms with Crippen molar-refractivity contribution in [1.29, 1.82) is 0 Å². The fourth-order valence-corrected chi connectivity index (χ4v) is 1.82. The third-order valence-corrected chi connectivity index (χ3v) is 2.61. The van der Waals surface area contributed by atoms with Crippen LogP contribution in [0.2, 0.25) is 0 Å². The monoisotopic (exact) mass is 259 g/mol. The fraction of sp³-hybridized carbons (Fsp3) is 0.929. The van der Waals surface area contributed by atoms with E-state index in [4.69, 9.17) is 4.74 Å². The van der Waals surface area contributed by atoms with Crippen LogP contribution in [0.1, 0.15) is 54.4 Å². The van der Waals surface area contributed by atoms with E-state index in [1.165, 1.54) is 0 Å². The van der Waals surface area contributed by atoms with Gasteiger partial charge in [0.25, 0.3) is 0 Å². The van der Waals surface area contributed by atoms with Crippen LogP contribution in [0.15, 0.2) is 0 Å². The van der Waals surface area contributed by atoms with Crippen molar-refractivity contribution in [2.45, 2.75) is 66.1 Å². The zero-order valence-corrected chi connectivity index (χ0v) is 12.6. The fourth-order valence-electron chi connectivity index (χ4n) is 1.82. The van der Waals surface area contributed by atoms with Crippen molar-refractivity contribution in [3.8, 4) is 0 Å². The third kappa shape index (κ3) is 9.28. The number of aliphatic hydroxyl groups excluding tert-OH is 1. The van der Waals surface area contributed by atoms with Crippen LogP contribution in [0.5, 0.6) is 0 Å². The number of ether oxygens (including phenoxy) is 1. The Balaban J connectivity index is 3.80. The van der Waals surface area contributed by atoms with Crippen LogP contribution in [0, 0.1) is 11.8 Å². The van der Waals surface area contributed by atoms with Crippen molar-refractivity contribution in [1.82, 2.24) is 5.32 Å². The standard InChI is InChI=1S/C14H29NO3/c1-10(2)9-11(3)12(16)7-8-15-13(17)18-14(4,5)6/h10-12,16H,7-9H2,1-6H3,(H,15,17). The van der Waals surface area contributed by atoms with Crippen molar-refractivity contribution in [2.24, 2.45) is 11.8 Å². The Bertz CT molecular complexity index is 246. The molecule has 4 heteroatoms. The molecule has 2 unspecified atom stereocenters. The van der Waals surface area contributed by atoms with Crippen LogP contribution >= 0.6 is 0 Å². The van der Waals surface area contributed by atoms with Crippen LogP contribution in [0.3, 0.4) is 0 Å². The Hall–Kier alpha value is -0.770. The van der Waals surface area contributed by atoms with Crippen molar-refractivity contribution in [3.05, 3.63) is 0 Å². The molecule has 0 bridgehead atoms. The molecule has 0 saturated carbocycles. The van der Waals surface area contributed by atoms with Gasteiger partial charge in [-0.15, -0.1) is 0 Å². The second-order valence-corrected chi connectivity index (χ2v) is 6.39. The van der Waals surface area contributed by atoms with Gasteiger partial charge in [0.15, 0.2) is 0 Å². The number of carbonyl (C=O) groups is 1. The Kier molecular flexibility index (Phi) is 7.29. The molecule has 0 aliphatic carbocycles. The van der Waals surface area contributed by atoms with E-state index in [1.54, 1.807) is 0 Å². The van der Waals surface area contributed by atoms with Gasteiger partial charge >= 0.3 is 6.09 Å². The lowest BCUT2D eigenvalue weighted by atomic mass is 9.92. The average molecular weight is 259 g/mol. The van der Waals surface area contributed by atoms with E-state index in [2.05, 4.69) is 19.2 Å². The molecular formula is C14H29NO3. The molecule has 2 N–H and O–H groups in total. The van der Waals surface area contributed by atoms with Crippen LogP contribution < -0.4 is 5.32 Å². The van der Waals surface area contributed by atoms with Crippen LogP contribution in [-0.4, -0.2) is 29.4 Å². The molecule has 4 nitrogen and oxygen atoms in total. The highest BCUT2D eigenvalue weighted by molar-refractivity contribution is 5.67. The predicted molar refractivity (Wildman–Crippen MR) is 73.5 cm³/mol. The maximum Gasteiger partial charge on any atom is 0.407 e. The zero-order valence-electron chi connectivity index (χ0n) is 12.6. The number of carbonyl (C=O) groups excluding carboxylic acids is 1. The van der Waals surface area contributed by atoms with Gasteiger partial charge in [0.1, 0.15) is 5.60 Å². The van der Waals surface area contributed by atoms with Crippen LogP contribution in [0.25, 0.3) is 0 Å². The highest BCUT2D eigenvalue weighted by atomic mass is 16.6. The van der Waals surface area contributed by atoms with E-state index in [0.717, 1.165) is 6.42 Å². The zero-order chi connectivity index (χ0) is 14.3. The molecular weight excluding hydrogens is 230 g/mol. The summed E-state index contributed by atoms with van der Waals surface area (Å²) >= 11 is 0. The first-order valence-electron chi connectivity index (χ1n) is 6.76. The Morgan fingerprint density at radius 1 is 1.28 bits per heavy atom. The van der Waals surface area contributed by atoms with E-state index < -0.39 is 11.7 Å². The molecule has 0 radical (unpaired) electrons. The lowest BCUT2D eigenvalue weighted by Gasteiger charge is -2.22. The summed E-state index contributed by atoms with van der Waals surface area (Å²) in [5.41, 5.74) is -0.479. The first kappa shape index (κ1) is 17.2. The van der Waals surface area contributed by atoms with E-state index in [-0.39, 0.29) is 12.0 Å². The molecule has 2 atom stereocenters. The second-order valence-electron chi connectivity index (χ2n) is 6.39. The Morgan fingerprint density at radius 2 is 1.83 bits per heavy atom. The molecule has 0 aromatic carbocycles. The number of aliphatic hydroxyl groups is 1. The number of hydrogen-bond donors (Lipinski definition) is 2. The molecule has 0 rings (SSSR count). The molecule has 0 aliphatic heterocycles. The average Bonchev–Trinajstić information content (AvgIpc) is 2.13. The summed E-state index contributed by atoms with van der Waals surface area (Å²) in [6.07, 6.45) is 0.759. The first-order chi connectivity index (χ1) is 8.11. The number of hydrogen-bond acceptors (Lipinski definition) is 3. The minimum absolute atomic E-state index is 0.255. The number of rotatable bonds is 6. The van der Waals surface area contributed by atoms with Gasteiger partial charge < -0.3 is 15.2 Å².